The highest BCUT2D eigenvalue weighted by Gasteiger charge is 2.42. The SMILES string of the molecule is Cc1ccccc1C1=CCCN(C(=O)Cc2c(C)c3c(F)c(F)ccc3[nH]c2=O)C1.Cc1ccccc1C1=C[C@@H]2C[C@H]1N(C(=O)Cc1c(C)c3c(F)c(F)ccc3[nH]c1=O)C2. The van der Waals surface area contributed by atoms with E-state index in [0.717, 1.165) is 58.4 Å². The van der Waals surface area contributed by atoms with Crippen LogP contribution in [0.25, 0.3) is 33.0 Å². The van der Waals surface area contributed by atoms with Crippen molar-refractivity contribution in [1.29, 1.82) is 0 Å². The summed E-state index contributed by atoms with van der Waals surface area (Å²) in [6.07, 6.45) is 5.69. The van der Waals surface area contributed by atoms with Gasteiger partial charge in [-0.2, -0.15) is 0 Å². The first-order valence-corrected chi connectivity index (χ1v) is 20.3. The van der Waals surface area contributed by atoms with E-state index in [-0.39, 0.29) is 63.6 Å². The number of hydrogen-bond donors (Lipinski definition) is 2. The molecule has 0 unspecified atom stereocenters. The fourth-order valence-electron chi connectivity index (χ4n) is 9.20. The number of aryl methyl sites for hydroxylation is 4. The van der Waals surface area contributed by atoms with E-state index in [0.29, 0.717) is 36.7 Å². The van der Waals surface area contributed by atoms with Crippen molar-refractivity contribution >= 4 is 44.8 Å². The number of hydrogen-bond acceptors (Lipinski definition) is 4. The van der Waals surface area contributed by atoms with Gasteiger partial charge < -0.3 is 19.8 Å². The lowest BCUT2D eigenvalue weighted by Crippen LogP contribution is -2.39. The van der Waals surface area contributed by atoms with E-state index in [2.05, 4.69) is 41.2 Å². The van der Waals surface area contributed by atoms with Gasteiger partial charge >= 0.3 is 0 Å². The second-order valence-corrected chi connectivity index (χ2v) is 16.2. The largest absolute Gasteiger partial charge is 0.338 e. The Hall–Kier alpha value is -6.56. The first-order valence-electron chi connectivity index (χ1n) is 20.3. The van der Waals surface area contributed by atoms with Crippen LogP contribution in [-0.4, -0.2) is 57.3 Å². The third-order valence-electron chi connectivity index (χ3n) is 12.4. The maximum absolute atomic E-state index is 14.4. The summed E-state index contributed by atoms with van der Waals surface area (Å²) in [7, 11) is 0. The zero-order valence-corrected chi connectivity index (χ0v) is 34.2. The monoisotopic (exact) mass is 828 g/mol. The van der Waals surface area contributed by atoms with Crippen LogP contribution in [0.4, 0.5) is 17.6 Å². The topological polar surface area (TPSA) is 106 Å². The van der Waals surface area contributed by atoms with Crippen molar-refractivity contribution in [3.05, 3.63) is 173 Å². The predicted molar refractivity (Wildman–Crippen MR) is 229 cm³/mol. The minimum absolute atomic E-state index is 0.0107. The Morgan fingerprint density at radius 2 is 1.21 bits per heavy atom. The molecule has 1 aliphatic carbocycles. The summed E-state index contributed by atoms with van der Waals surface area (Å²) >= 11 is 0. The van der Waals surface area contributed by atoms with Gasteiger partial charge in [-0.05, 0) is 115 Å². The third kappa shape index (κ3) is 7.71. The number of amides is 2. The number of H-pyrrole nitrogens is 2. The average Bonchev–Trinajstić information content (AvgIpc) is 3.86. The normalized spacial score (nSPS) is 17.0. The Bertz CT molecular complexity index is 2970. The Balaban J connectivity index is 0.000000169. The van der Waals surface area contributed by atoms with Crippen LogP contribution in [0.2, 0.25) is 0 Å². The lowest BCUT2D eigenvalue weighted by Gasteiger charge is -2.29. The Kier molecular flexibility index (Phi) is 11.1. The van der Waals surface area contributed by atoms with Crippen molar-refractivity contribution < 1.29 is 27.2 Å². The molecule has 0 radical (unpaired) electrons. The van der Waals surface area contributed by atoms with E-state index >= 15 is 0 Å². The van der Waals surface area contributed by atoms with Crippen LogP contribution in [0.5, 0.6) is 0 Å². The summed E-state index contributed by atoms with van der Waals surface area (Å²) in [5, 5.41) is 0.0300. The molecule has 0 saturated carbocycles. The smallest absolute Gasteiger partial charge is 0.252 e. The number of halogens is 4. The van der Waals surface area contributed by atoms with E-state index in [1.807, 2.05) is 48.2 Å². The standard InChI is InChI=1S/C25H22F2N2O2.C24H22F2N2O2/c1-13-5-3-4-6-16(13)18-9-15-10-21(18)29(12-15)22(30)11-17-14(2)23-20(28-25(17)31)8-7-19(26)24(23)27;1-14-6-3-4-8-17(14)16-7-5-11-28(13-16)21(29)12-18-15(2)22-20(27-24(18)30)10-9-19(25)23(22)26/h3-9,15,21H,10-12H2,1-2H3,(H,28,31);3-4,6-10H,5,11-13H2,1-2H3,(H,27,30)/t15-,21-;/m1./s1. The molecule has 1 saturated heterocycles. The molecular formula is C49H44F4N4O4. The van der Waals surface area contributed by atoms with Crippen molar-refractivity contribution in [3.63, 3.8) is 0 Å². The molecule has 2 bridgehead atoms. The van der Waals surface area contributed by atoms with Crippen molar-refractivity contribution in [2.45, 2.75) is 59.4 Å². The molecule has 4 aromatic carbocycles. The summed E-state index contributed by atoms with van der Waals surface area (Å²) in [6.45, 7) is 8.84. The second-order valence-electron chi connectivity index (χ2n) is 16.2. The molecule has 2 atom stereocenters. The molecule has 2 aromatic heterocycles. The van der Waals surface area contributed by atoms with E-state index < -0.39 is 34.4 Å². The lowest BCUT2D eigenvalue weighted by molar-refractivity contribution is -0.131. The molecule has 61 heavy (non-hydrogen) atoms. The highest BCUT2D eigenvalue weighted by Crippen LogP contribution is 2.43. The highest BCUT2D eigenvalue weighted by atomic mass is 19.2. The molecule has 8 nitrogen and oxygen atoms in total. The van der Waals surface area contributed by atoms with Crippen molar-refractivity contribution in [3.8, 4) is 0 Å². The number of pyridine rings is 2. The number of carbonyl (C=O) groups is 2. The van der Waals surface area contributed by atoms with Gasteiger partial charge in [0.25, 0.3) is 11.1 Å². The molecule has 0 spiro atoms. The Morgan fingerprint density at radius 3 is 1.75 bits per heavy atom. The number of fused-ring (bicyclic) bond motifs is 4. The van der Waals surface area contributed by atoms with Crippen LogP contribution in [-0.2, 0) is 22.4 Å². The van der Waals surface area contributed by atoms with Gasteiger partial charge in [0.1, 0.15) is 0 Å². The van der Waals surface area contributed by atoms with Crippen LogP contribution in [0, 0.1) is 56.9 Å². The fraction of sp³-hybridized carbons (Fsp3) is 0.265. The van der Waals surface area contributed by atoms with Gasteiger partial charge in [-0.3, -0.25) is 19.2 Å². The Labute approximate surface area is 349 Å². The van der Waals surface area contributed by atoms with Gasteiger partial charge in [0.2, 0.25) is 11.8 Å². The molecule has 2 N–H and O–H groups in total. The zero-order chi connectivity index (χ0) is 43.3. The van der Waals surface area contributed by atoms with Gasteiger partial charge in [-0.25, -0.2) is 17.6 Å². The van der Waals surface area contributed by atoms with Crippen molar-refractivity contribution in [2.24, 2.45) is 5.92 Å². The second kappa shape index (κ2) is 16.5. The van der Waals surface area contributed by atoms with Crippen molar-refractivity contribution in [2.75, 3.05) is 19.6 Å². The number of nitrogens with one attached hydrogen (secondary N) is 2. The predicted octanol–water partition coefficient (Wildman–Crippen LogP) is 8.56. The first-order chi connectivity index (χ1) is 29.2. The molecule has 9 rings (SSSR count). The van der Waals surface area contributed by atoms with E-state index in [9.17, 15) is 36.7 Å². The molecule has 3 aliphatic rings. The lowest BCUT2D eigenvalue weighted by atomic mass is 9.95. The summed E-state index contributed by atoms with van der Waals surface area (Å²) in [5.41, 5.74) is 7.28. The van der Waals surface area contributed by atoms with E-state index in [4.69, 9.17) is 0 Å². The molecule has 312 valence electrons. The number of aromatic amines is 2. The highest BCUT2D eigenvalue weighted by molar-refractivity contribution is 5.89. The van der Waals surface area contributed by atoms with E-state index in [1.165, 1.54) is 12.1 Å². The van der Waals surface area contributed by atoms with Crippen LogP contribution in [0.1, 0.15) is 57.3 Å². The van der Waals surface area contributed by atoms with Crippen LogP contribution >= 0.6 is 0 Å². The van der Waals surface area contributed by atoms with Crippen LogP contribution in [0.3, 0.4) is 0 Å². The molecule has 6 aromatic rings. The van der Waals surface area contributed by atoms with Crippen LogP contribution in [0.15, 0.2) is 94.5 Å². The third-order valence-corrected chi connectivity index (χ3v) is 12.4. The summed E-state index contributed by atoms with van der Waals surface area (Å²) < 4.78 is 56.2. The van der Waals surface area contributed by atoms with Gasteiger partial charge in [0, 0.05) is 41.5 Å². The van der Waals surface area contributed by atoms with Crippen molar-refractivity contribution in [1.82, 2.24) is 19.8 Å². The number of likely N-dealkylation sites (tertiary alicyclic amines) is 1. The van der Waals surface area contributed by atoms with Gasteiger partial charge in [-0.15, -0.1) is 0 Å². The average molecular weight is 829 g/mol. The van der Waals surface area contributed by atoms with E-state index in [1.54, 1.807) is 18.7 Å². The zero-order valence-electron chi connectivity index (χ0n) is 34.2. The van der Waals surface area contributed by atoms with Gasteiger partial charge in [0.15, 0.2) is 23.3 Å². The minimum Gasteiger partial charge on any atom is -0.338 e. The minimum atomic E-state index is -1.02. The summed E-state index contributed by atoms with van der Waals surface area (Å²) in [4.78, 5) is 60.1. The number of rotatable bonds is 6. The molecule has 1 fully saturated rings. The van der Waals surface area contributed by atoms with Gasteiger partial charge in [0.05, 0.1) is 29.9 Å². The maximum atomic E-state index is 14.4. The Morgan fingerprint density at radius 1 is 0.689 bits per heavy atom. The summed E-state index contributed by atoms with van der Waals surface area (Å²) in [6, 6.07) is 20.7. The molecule has 12 heteroatoms. The van der Waals surface area contributed by atoms with Crippen LogP contribution < -0.4 is 11.1 Å². The molecule has 4 heterocycles. The van der Waals surface area contributed by atoms with Gasteiger partial charge in [-0.1, -0.05) is 60.7 Å². The molecule has 2 aliphatic heterocycles. The number of nitrogens with zero attached hydrogens (tertiary/aromatic N) is 2. The number of aromatic nitrogens is 2. The summed E-state index contributed by atoms with van der Waals surface area (Å²) in [5.74, 6) is -4.08. The number of benzene rings is 4. The quantitative estimate of drug-likeness (QED) is 0.164. The first kappa shape index (κ1) is 41.2. The molecule has 2 amide bonds. The number of carbonyl (C=O) groups excluding carboxylic acids is 2. The molecular weight excluding hydrogens is 785 g/mol. The fourth-order valence-corrected chi connectivity index (χ4v) is 9.20. The maximum Gasteiger partial charge on any atom is 0.252 e.